The molecule has 5 nitrogen and oxygen atoms in total. The molecule has 0 atom stereocenters. The molecule has 0 aliphatic heterocycles. The number of carbonyl (C=O) groups excluding carboxylic acids is 1. The number of amides is 1. The molecular weight excluding hydrogens is 290 g/mol. The van der Waals surface area contributed by atoms with Gasteiger partial charge in [-0.1, -0.05) is 18.5 Å². The van der Waals surface area contributed by atoms with Crippen LogP contribution in [-0.4, -0.2) is 16.0 Å². The Labute approximate surface area is 128 Å². The molecule has 0 aliphatic carbocycles. The molecule has 1 aromatic heterocycles. The van der Waals surface area contributed by atoms with Crippen LogP contribution in [0.25, 0.3) is 0 Å². The van der Waals surface area contributed by atoms with Crippen LogP contribution in [0.4, 0.5) is 11.4 Å². The van der Waals surface area contributed by atoms with Crippen molar-refractivity contribution in [2.75, 3.05) is 10.6 Å². The summed E-state index contributed by atoms with van der Waals surface area (Å²) in [7, 11) is 0. The summed E-state index contributed by atoms with van der Waals surface area (Å²) in [5.41, 5.74) is 2.17. The van der Waals surface area contributed by atoms with E-state index in [-0.39, 0.29) is 11.7 Å². The fraction of sp³-hybridized carbons (Fsp3) is 0.200. The Morgan fingerprint density at radius 2 is 2.14 bits per heavy atom. The van der Waals surface area contributed by atoms with Gasteiger partial charge in [-0.3, -0.25) is 9.78 Å². The third-order valence-corrected chi connectivity index (χ3v) is 3.17. The molecule has 0 radical (unpaired) electrons. The lowest BCUT2D eigenvalue weighted by atomic mass is 10.2. The van der Waals surface area contributed by atoms with Gasteiger partial charge in [0, 0.05) is 12.1 Å². The van der Waals surface area contributed by atoms with Crippen molar-refractivity contribution in [3.63, 3.8) is 0 Å². The molecule has 0 saturated carbocycles. The molecule has 0 bridgehead atoms. The number of hydrogen-bond donors (Lipinski definition) is 3. The number of aromatic hydroxyl groups is 1. The minimum absolute atomic E-state index is 0.0523. The summed E-state index contributed by atoms with van der Waals surface area (Å²) in [6, 6.07) is 8.54. The van der Waals surface area contributed by atoms with Crippen molar-refractivity contribution in [1.29, 1.82) is 0 Å². The van der Waals surface area contributed by atoms with Gasteiger partial charge in [0.05, 0.1) is 29.1 Å². The fourth-order valence-electron chi connectivity index (χ4n) is 1.69. The van der Waals surface area contributed by atoms with Crippen molar-refractivity contribution in [3.05, 3.63) is 47.2 Å². The molecule has 6 heteroatoms. The summed E-state index contributed by atoms with van der Waals surface area (Å²) in [6.07, 6.45) is 1.80. The molecular formula is C15H16ClN3O2. The van der Waals surface area contributed by atoms with Crippen LogP contribution in [0, 0.1) is 0 Å². The Bertz CT molecular complexity index is 629. The van der Waals surface area contributed by atoms with Crippen molar-refractivity contribution in [1.82, 2.24) is 4.98 Å². The fourth-order valence-corrected chi connectivity index (χ4v) is 1.88. The first-order valence-corrected chi connectivity index (χ1v) is 6.93. The third kappa shape index (κ3) is 4.36. The van der Waals surface area contributed by atoms with Crippen LogP contribution in [-0.2, 0) is 11.3 Å². The minimum atomic E-state index is -0.0523. The summed E-state index contributed by atoms with van der Waals surface area (Å²) < 4.78 is 0. The number of halogens is 1. The summed E-state index contributed by atoms with van der Waals surface area (Å²) >= 11 is 6.12. The molecule has 0 aliphatic rings. The predicted molar refractivity (Wildman–Crippen MR) is 83.6 cm³/mol. The van der Waals surface area contributed by atoms with Crippen LogP contribution < -0.4 is 10.6 Å². The first-order chi connectivity index (χ1) is 10.1. The maximum Gasteiger partial charge on any atom is 0.224 e. The summed E-state index contributed by atoms with van der Waals surface area (Å²) in [4.78, 5) is 15.5. The number of nitrogens with one attached hydrogen (secondary N) is 2. The number of benzene rings is 1. The van der Waals surface area contributed by atoms with E-state index in [4.69, 9.17) is 11.6 Å². The van der Waals surface area contributed by atoms with Gasteiger partial charge in [-0.05, 0) is 30.3 Å². The number of nitrogens with zero attached hydrogens (tertiary/aromatic N) is 1. The monoisotopic (exact) mass is 305 g/mol. The highest BCUT2D eigenvalue weighted by molar-refractivity contribution is 6.33. The SMILES string of the molecule is CCC(=O)Nc1ccc(Cl)c(NCc2ccc(O)cn2)c1. The lowest BCUT2D eigenvalue weighted by Crippen LogP contribution is -2.10. The van der Waals surface area contributed by atoms with Crippen LogP contribution in [0.5, 0.6) is 5.75 Å². The molecule has 2 rings (SSSR count). The highest BCUT2D eigenvalue weighted by Crippen LogP contribution is 2.26. The van der Waals surface area contributed by atoms with Crippen molar-refractivity contribution in [3.8, 4) is 5.75 Å². The average Bonchev–Trinajstić information content (AvgIpc) is 2.49. The van der Waals surface area contributed by atoms with Crippen molar-refractivity contribution < 1.29 is 9.90 Å². The largest absolute Gasteiger partial charge is 0.506 e. The van der Waals surface area contributed by atoms with Crippen molar-refractivity contribution in [2.45, 2.75) is 19.9 Å². The van der Waals surface area contributed by atoms with Gasteiger partial charge in [0.1, 0.15) is 5.75 Å². The van der Waals surface area contributed by atoms with Gasteiger partial charge in [-0.25, -0.2) is 0 Å². The molecule has 110 valence electrons. The number of anilines is 2. The van der Waals surface area contributed by atoms with Gasteiger partial charge in [0.2, 0.25) is 5.91 Å². The van der Waals surface area contributed by atoms with Gasteiger partial charge < -0.3 is 15.7 Å². The smallest absolute Gasteiger partial charge is 0.224 e. The third-order valence-electron chi connectivity index (χ3n) is 2.84. The van der Waals surface area contributed by atoms with E-state index in [9.17, 15) is 9.90 Å². The first-order valence-electron chi connectivity index (χ1n) is 6.55. The zero-order valence-electron chi connectivity index (χ0n) is 11.6. The standard InChI is InChI=1S/C15H16ClN3O2/c1-2-15(21)19-10-4-6-13(16)14(7-10)18-8-11-3-5-12(20)9-17-11/h3-7,9,18,20H,2,8H2,1H3,(H,19,21). The van der Waals surface area contributed by atoms with E-state index in [1.807, 2.05) is 0 Å². The van der Waals surface area contributed by atoms with Gasteiger partial charge >= 0.3 is 0 Å². The van der Waals surface area contributed by atoms with Gasteiger partial charge in [0.25, 0.3) is 0 Å². The Morgan fingerprint density at radius 3 is 2.81 bits per heavy atom. The molecule has 0 saturated heterocycles. The first kappa shape index (κ1) is 15.1. The second kappa shape index (κ2) is 6.95. The normalized spacial score (nSPS) is 10.2. The second-order valence-electron chi connectivity index (χ2n) is 4.46. The van der Waals surface area contributed by atoms with Gasteiger partial charge in [0.15, 0.2) is 0 Å². The molecule has 21 heavy (non-hydrogen) atoms. The predicted octanol–water partition coefficient (Wildman–Crippen LogP) is 3.40. The molecule has 0 unspecified atom stereocenters. The van der Waals surface area contributed by atoms with Crippen LogP contribution in [0.1, 0.15) is 19.0 Å². The van der Waals surface area contributed by atoms with E-state index >= 15 is 0 Å². The van der Waals surface area contributed by atoms with Gasteiger partial charge in [-0.15, -0.1) is 0 Å². The van der Waals surface area contributed by atoms with E-state index < -0.39 is 0 Å². The van der Waals surface area contributed by atoms with E-state index in [2.05, 4.69) is 15.6 Å². The van der Waals surface area contributed by atoms with Crippen LogP contribution in [0.3, 0.4) is 0 Å². The Balaban J connectivity index is 2.06. The van der Waals surface area contributed by atoms with E-state index in [1.54, 1.807) is 37.3 Å². The lowest BCUT2D eigenvalue weighted by molar-refractivity contribution is -0.115. The number of rotatable bonds is 5. The quantitative estimate of drug-likeness (QED) is 0.791. The molecule has 0 fully saturated rings. The molecule has 3 N–H and O–H groups in total. The number of hydrogen-bond acceptors (Lipinski definition) is 4. The number of pyridine rings is 1. The molecule has 0 spiro atoms. The summed E-state index contributed by atoms with van der Waals surface area (Å²) in [6.45, 7) is 2.26. The number of aromatic nitrogens is 1. The van der Waals surface area contributed by atoms with E-state index in [0.717, 1.165) is 5.69 Å². The molecule has 1 amide bonds. The zero-order chi connectivity index (χ0) is 15.2. The maximum absolute atomic E-state index is 11.4. The minimum Gasteiger partial charge on any atom is -0.506 e. The van der Waals surface area contributed by atoms with Crippen molar-refractivity contribution in [2.24, 2.45) is 0 Å². The Hall–Kier alpha value is -2.27. The highest BCUT2D eigenvalue weighted by Gasteiger charge is 2.05. The Kier molecular flexibility index (Phi) is 5.00. The maximum atomic E-state index is 11.4. The topological polar surface area (TPSA) is 74.2 Å². The average molecular weight is 306 g/mol. The van der Waals surface area contributed by atoms with Gasteiger partial charge in [-0.2, -0.15) is 0 Å². The second-order valence-corrected chi connectivity index (χ2v) is 4.86. The van der Waals surface area contributed by atoms with Crippen LogP contribution >= 0.6 is 11.6 Å². The molecule has 1 aromatic carbocycles. The van der Waals surface area contributed by atoms with Crippen molar-refractivity contribution >= 4 is 28.9 Å². The molecule has 2 aromatic rings. The van der Waals surface area contributed by atoms with E-state index in [1.165, 1.54) is 6.20 Å². The highest BCUT2D eigenvalue weighted by atomic mass is 35.5. The van der Waals surface area contributed by atoms with E-state index in [0.29, 0.717) is 29.4 Å². The van der Waals surface area contributed by atoms with Crippen LogP contribution in [0.15, 0.2) is 36.5 Å². The Morgan fingerprint density at radius 1 is 1.33 bits per heavy atom. The number of carbonyl (C=O) groups is 1. The zero-order valence-corrected chi connectivity index (χ0v) is 12.3. The van der Waals surface area contributed by atoms with Crippen LogP contribution in [0.2, 0.25) is 5.02 Å². The summed E-state index contributed by atoms with van der Waals surface area (Å²) in [5, 5.41) is 15.7. The molecule has 1 heterocycles. The lowest BCUT2D eigenvalue weighted by Gasteiger charge is -2.11. The summed E-state index contributed by atoms with van der Waals surface area (Å²) in [5.74, 6) is 0.0736.